The van der Waals surface area contributed by atoms with Crippen LogP contribution in [0.5, 0.6) is 0 Å². The molecule has 0 bridgehead atoms. The van der Waals surface area contributed by atoms with Crippen LogP contribution >= 0.6 is 0 Å². The first-order valence-electron chi connectivity index (χ1n) is 8.95. The summed E-state index contributed by atoms with van der Waals surface area (Å²) in [4.78, 5) is 31.9. The summed E-state index contributed by atoms with van der Waals surface area (Å²) in [6.45, 7) is 2.38. The smallest absolute Gasteiger partial charge is 0.286 e. The van der Waals surface area contributed by atoms with Gasteiger partial charge in [-0.05, 0) is 30.7 Å². The lowest BCUT2D eigenvalue weighted by atomic mass is 9.90. The van der Waals surface area contributed by atoms with Gasteiger partial charge in [-0.3, -0.25) is 14.5 Å². The van der Waals surface area contributed by atoms with Gasteiger partial charge in [0.1, 0.15) is 16.5 Å². The van der Waals surface area contributed by atoms with Gasteiger partial charge in [-0.15, -0.1) is 4.40 Å². The van der Waals surface area contributed by atoms with Crippen LogP contribution in [0.1, 0.15) is 30.1 Å². The number of ketones is 1. The van der Waals surface area contributed by atoms with Crippen LogP contribution in [0.3, 0.4) is 0 Å². The van der Waals surface area contributed by atoms with Crippen molar-refractivity contribution in [1.82, 2.24) is 4.98 Å². The summed E-state index contributed by atoms with van der Waals surface area (Å²) in [5.41, 5.74) is 0.578. The van der Waals surface area contributed by atoms with Gasteiger partial charge in [-0.2, -0.15) is 8.42 Å². The number of carbonyl (C=O) groups excluding carboxylic acids is 2. The van der Waals surface area contributed by atoms with Gasteiger partial charge < -0.3 is 5.32 Å². The summed E-state index contributed by atoms with van der Waals surface area (Å²) < 4.78 is 28.9. The maximum Gasteiger partial charge on any atom is 0.286 e. The molecule has 144 valence electrons. The first-order chi connectivity index (χ1) is 13.4. The Labute approximate surface area is 162 Å². The molecule has 8 nitrogen and oxygen atoms in total. The zero-order chi connectivity index (χ0) is 19.9. The van der Waals surface area contributed by atoms with E-state index in [-0.39, 0.29) is 16.3 Å². The number of amides is 1. The first kappa shape index (κ1) is 18.3. The van der Waals surface area contributed by atoms with Crippen LogP contribution in [-0.2, 0) is 14.8 Å². The second-order valence-electron chi connectivity index (χ2n) is 6.59. The molecule has 1 N–H and O–H groups in total. The van der Waals surface area contributed by atoms with E-state index in [0.29, 0.717) is 18.1 Å². The molecule has 9 heteroatoms. The number of anilines is 2. The van der Waals surface area contributed by atoms with Crippen molar-refractivity contribution in [2.24, 2.45) is 10.3 Å². The Morgan fingerprint density at radius 3 is 2.71 bits per heavy atom. The maximum atomic E-state index is 13.2. The fourth-order valence-electron chi connectivity index (χ4n) is 3.36. The minimum Gasteiger partial charge on any atom is -0.341 e. The molecule has 2 aromatic rings. The van der Waals surface area contributed by atoms with Crippen molar-refractivity contribution in [2.75, 3.05) is 16.8 Å². The Balaban J connectivity index is 1.81. The number of Topliss-reactive ketones (excluding diaryl/α,β-unsaturated/α-hetero) is 1. The van der Waals surface area contributed by atoms with Crippen LogP contribution in [0, 0.1) is 5.92 Å². The highest BCUT2D eigenvalue weighted by Gasteiger charge is 2.45. The zero-order valence-electron chi connectivity index (χ0n) is 15.1. The maximum absolute atomic E-state index is 13.2. The zero-order valence-corrected chi connectivity index (χ0v) is 15.9. The molecule has 2 aliphatic rings. The Morgan fingerprint density at radius 1 is 1.14 bits per heavy atom. The third-order valence-corrected chi connectivity index (χ3v) is 6.09. The molecule has 0 saturated carbocycles. The number of nitrogens with one attached hydrogen (secondary N) is 1. The van der Waals surface area contributed by atoms with Gasteiger partial charge in [0.25, 0.3) is 10.0 Å². The number of aromatic nitrogens is 1. The quantitative estimate of drug-likeness (QED) is 0.791. The molecule has 0 saturated heterocycles. The third-order valence-electron chi connectivity index (χ3n) is 4.74. The average molecular weight is 398 g/mol. The molecule has 4 rings (SSSR count). The highest BCUT2D eigenvalue weighted by atomic mass is 32.2. The van der Waals surface area contributed by atoms with Gasteiger partial charge in [0, 0.05) is 12.7 Å². The van der Waals surface area contributed by atoms with Gasteiger partial charge >= 0.3 is 0 Å². The van der Waals surface area contributed by atoms with Crippen LogP contribution in [0.15, 0.2) is 51.9 Å². The van der Waals surface area contributed by atoms with E-state index in [4.69, 9.17) is 0 Å². The van der Waals surface area contributed by atoms with Crippen LogP contribution in [0.4, 0.5) is 11.5 Å². The number of sulfonamides is 1. The second-order valence-corrected chi connectivity index (χ2v) is 8.16. The predicted octanol–water partition coefficient (Wildman–Crippen LogP) is 2.24. The topological polar surface area (TPSA) is 109 Å². The second kappa shape index (κ2) is 6.83. The van der Waals surface area contributed by atoms with E-state index < -0.39 is 27.6 Å². The van der Waals surface area contributed by atoms with Crippen LogP contribution in [0.25, 0.3) is 0 Å². The number of unbranched alkanes of at least 4 members (excludes halogenated alkanes) is 1. The van der Waals surface area contributed by atoms with E-state index in [1.54, 1.807) is 30.3 Å². The van der Waals surface area contributed by atoms with E-state index >= 15 is 0 Å². The Morgan fingerprint density at radius 2 is 1.93 bits per heavy atom. The number of carbonyl (C=O) groups is 2. The number of amidine groups is 1. The fraction of sp³-hybridized carbons (Fsp3) is 0.263. The molecule has 0 fully saturated rings. The summed E-state index contributed by atoms with van der Waals surface area (Å²) in [5.74, 6) is -2.25. The van der Waals surface area contributed by atoms with Gasteiger partial charge in [0.2, 0.25) is 5.91 Å². The third kappa shape index (κ3) is 2.88. The van der Waals surface area contributed by atoms with Gasteiger partial charge in [-0.25, -0.2) is 4.98 Å². The minimum absolute atomic E-state index is 0.0133. The number of hydrogen-bond donors (Lipinski definition) is 1. The van der Waals surface area contributed by atoms with E-state index in [2.05, 4.69) is 14.7 Å². The summed E-state index contributed by atoms with van der Waals surface area (Å²) in [7, 11) is -4.01. The molecule has 0 aliphatic carbocycles. The first-order valence-corrected chi connectivity index (χ1v) is 10.4. The fourth-order valence-corrected chi connectivity index (χ4v) is 4.52. The Hall–Kier alpha value is -3.07. The molecule has 1 atom stereocenters. The lowest BCUT2D eigenvalue weighted by Gasteiger charge is -2.33. The molecule has 0 spiro atoms. The molecular weight excluding hydrogens is 380 g/mol. The van der Waals surface area contributed by atoms with Gasteiger partial charge in [0.05, 0.1) is 11.3 Å². The van der Waals surface area contributed by atoms with Gasteiger partial charge in [-0.1, -0.05) is 25.5 Å². The minimum atomic E-state index is -4.01. The molecular formula is C19H18N4O4S. The highest BCUT2D eigenvalue weighted by Crippen LogP contribution is 2.33. The van der Waals surface area contributed by atoms with Crippen molar-refractivity contribution >= 4 is 39.1 Å². The number of rotatable bonds is 4. The van der Waals surface area contributed by atoms with Crippen molar-refractivity contribution in [3.63, 3.8) is 0 Å². The summed E-state index contributed by atoms with van der Waals surface area (Å²) in [6, 6.07) is 9.46. The SMILES string of the molecule is CCCCN1C(=O)C(C2=NS(=O)(=O)c3ccccc3N2)C(=O)c2cccnc21. The monoisotopic (exact) mass is 398 g/mol. The van der Waals surface area contributed by atoms with Crippen LogP contribution in [-0.4, -0.2) is 37.5 Å². The molecule has 28 heavy (non-hydrogen) atoms. The van der Waals surface area contributed by atoms with Crippen molar-refractivity contribution in [1.29, 1.82) is 0 Å². The lowest BCUT2D eigenvalue weighted by Crippen LogP contribution is -2.51. The van der Waals surface area contributed by atoms with E-state index in [9.17, 15) is 18.0 Å². The summed E-state index contributed by atoms with van der Waals surface area (Å²) >= 11 is 0. The van der Waals surface area contributed by atoms with E-state index in [0.717, 1.165) is 12.8 Å². The van der Waals surface area contributed by atoms with Crippen molar-refractivity contribution in [3.8, 4) is 0 Å². The molecule has 3 heterocycles. The molecule has 1 aromatic heterocycles. The molecule has 0 radical (unpaired) electrons. The number of hydrogen-bond acceptors (Lipinski definition) is 6. The number of nitrogens with zero attached hydrogens (tertiary/aromatic N) is 3. The van der Waals surface area contributed by atoms with Crippen molar-refractivity contribution in [2.45, 2.75) is 24.7 Å². The van der Waals surface area contributed by atoms with Crippen molar-refractivity contribution in [3.05, 3.63) is 48.2 Å². The normalized spacial score (nSPS) is 20.1. The van der Waals surface area contributed by atoms with Gasteiger partial charge in [0.15, 0.2) is 11.7 Å². The average Bonchev–Trinajstić information content (AvgIpc) is 2.68. The van der Waals surface area contributed by atoms with E-state index in [1.165, 1.54) is 17.2 Å². The number of benzene rings is 1. The number of para-hydroxylation sites is 1. The lowest BCUT2D eigenvalue weighted by molar-refractivity contribution is -0.119. The van der Waals surface area contributed by atoms with E-state index in [1.807, 2.05) is 6.92 Å². The number of pyridine rings is 1. The summed E-state index contributed by atoms with van der Waals surface area (Å²) in [6.07, 6.45) is 3.10. The molecule has 1 amide bonds. The Bertz CT molecular complexity index is 1110. The number of fused-ring (bicyclic) bond motifs is 2. The van der Waals surface area contributed by atoms with Crippen LogP contribution in [0.2, 0.25) is 0 Å². The highest BCUT2D eigenvalue weighted by molar-refractivity contribution is 7.90. The molecule has 1 unspecified atom stereocenters. The standard InChI is InChI=1S/C19H18N4O4S/c1-2-3-11-23-18-12(7-6-10-20-18)16(24)15(19(23)25)17-21-13-8-4-5-9-14(13)28(26,27)22-17/h4-10,15H,2-3,11H2,1H3,(H,21,22). The Kier molecular flexibility index (Phi) is 4.46. The largest absolute Gasteiger partial charge is 0.341 e. The predicted molar refractivity (Wildman–Crippen MR) is 104 cm³/mol. The molecule has 1 aromatic carbocycles. The molecule has 2 aliphatic heterocycles. The summed E-state index contributed by atoms with van der Waals surface area (Å²) in [5, 5.41) is 2.87. The van der Waals surface area contributed by atoms with Crippen molar-refractivity contribution < 1.29 is 18.0 Å². The van der Waals surface area contributed by atoms with Crippen LogP contribution < -0.4 is 10.2 Å².